The summed E-state index contributed by atoms with van der Waals surface area (Å²) in [6.07, 6.45) is 11.4. The molecule has 1 aliphatic carbocycles. The number of benzene rings is 2. The summed E-state index contributed by atoms with van der Waals surface area (Å²) in [5, 5.41) is 8.49. The average Bonchev–Trinajstić information content (AvgIpc) is 3.69. The fraction of sp³-hybridized carbons (Fsp3) is 0.364. The number of terminal acetylenes is 1. The predicted molar refractivity (Wildman–Crippen MR) is 156 cm³/mol. The monoisotopic (exact) mass is 521 g/mol. The van der Waals surface area contributed by atoms with Crippen molar-refractivity contribution in [2.24, 2.45) is 5.92 Å². The summed E-state index contributed by atoms with van der Waals surface area (Å²) in [4.78, 5) is 12.2. The van der Waals surface area contributed by atoms with E-state index in [0.29, 0.717) is 17.2 Å². The number of halogens is 1. The second kappa shape index (κ2) is 11.9. The van der Waals surface area contributed by atoms with Crippen LogP contribution in [0.15, 0.2) is 60.8 Å². The summed E-state index contributed by atoms with van der Waals surface area (Å²) in [5.74, 6) is 4.52. The molecule has 0 radical (unpaired) electrons. The third kappa shape index (κ3) is 6.26. The van der Waals surface area contributed by atoms with Gasteiger partial charge in [-0.2, -0.15) is 0 Å². The van der Waals surface area contributed by atoms with Crippen molar-refractivity contribution < 1.29 is 4.39 Å². The number of fused-ring (bicyclic) bond motifs is 1. The first-order chi connectivity index (χ1) is 19.0. The van der Waals surface area contributed by atoms with Crippen LogP contribution < -0.4 is 0 Å². The SMILES string of the molecule is C#CC.Cc1cc(CN2CCC(c3nc4ccccc4n3CC3CC3)CC2)cnc1C(=N)c1cccc(F)c1. The van der Waals surface area contributed by atoms with Gasteiger partial charge in [0.05, 0.1) is 22.4 Å². The lowest BCUT2D eigenvalue weighted by atomic mass is 9.95. The van der Waals surface area contributed by atoms with Gasteiger partial charge in [0.15, 0.2) is 0 Å². The summed E-state index contributed by atoms with van der Waals surface area (Å²) in [5.41, 5.74) is 5.93. The van der Waals surface area contributed by atoms with Gasteiger partial charge >= 0.3 is 0 Å². The van der Waals surface area contributed by atoms with Gasteiger partial charge in [0.25, 0.3) is 0 Å². The molecule has 0 atom stereocenters. The van der Waals surface area contributed by atoms with Crippen LogP contribution in [0, 0.1) is 36.4 Å². The number of imidazole rings is 1. The van der Waals surface area contributed by atoms with Crippen LogP contribution in [0.2, 0.25) is 0 Å². The van der Waals surface area contributed by atoms with Crippen molar-refractivity contribution >= 4 is 16.7 Å². The van der Waals surface area contributed by atoms with Crippen LogP contribution in [-0.2, 0) is 13.1 Å². The van der Waals surface area contributed by atoms with Crippen LogP contribution in [0.1, 0.15) is 66.7 Å². The summed E-state index contributed by atoms with van der Waals surface area (Å²) in [6.45, 7) is 7.68. The number of para-hydroxylation sites is 2. The van der Waals surface area contributed by atoms with Gasteiger partial charge < -0.3 is 4.57 Å². The summed E-state index contributed by atoms with van der Waals surface area (Å²) >= 11 is 0. The third-order valence-electron chi connectivity index (χ3n) is 7.67. The van der Waals surface area contributed by atoms with E-state index in [4.69, 9.17) is 10.4 Å². The first-order valence-electron chi connectivity index (χ1n) is 13.8. The van der Waals surface area contributed by atoms with Crippen LogP contribution >= 0.6 is 0 Å². The van der Waals surface area contributed by atoms with E-state index >= 15 is 0 Å². The van der Waals surface area contributed by atoms with Gasteiger partial charge in [-0.15, -0.1) is 12.3 Å². The second-order valence-electron chi connectivity index (χ2n) is 10.7. The fourth-order valence-electron chi connectivity index (χ4n) is 5.53. The van der Waals surface area contributed by atoms with Crippen LogP contribution in [0.3, 0.4) is 0 Å². The molecule has 1 saturated carbocycles. The van der Waals surface area contributed by atoms with E-state index in [9.17, 15) is 4.39 Å². The van der Waals surface area contributed by atoms with Gasteiger partial charge in [0.2, 0.25) is 0 Å². The molecule has 5 nitrogen and oxygen atoms in total. The van der Waals surface area contributed by atoms with E-state index in [1.807, 2.05) is 13.1 Å². The number of hydrogen-bond donors (Lipinski definition) is 1. The first kappa shape index (κ1) is 26.8. The van der Waals surface area contributed by atoms with Crippen molar-refractivity contribution in [1.29, 1.82) is 5.41 Å². The Hall–Kier alpha value is -3.82. The summed E-state index contributed by atoms with van der Waals surface area (Å²) in [7, 11) is 0. The Morgan fingerprint density at radius 1 is 1.08 bits per heavy atom. The van der Waals surface area contributed by atoms with Crippen molar-refractivity contribution in [1.82, 2.24) is 19.4 Å². The lowest BCUT2D eigenvalue weighted by Crippen LogP contribution is -2.33. The number of aryl methyl sites for hydroxylation is 1. The number of nitrogens with one attached hydrogen (secondary N) is 1. The Kier molecular flexibility index (Phi) is 8.18. The van der Waals surface area contributed by atoms with Crippen molar-refractivity contribution in [2.45, 2.75) is 58.5 Å². The highest BCUT2D eigenvalue weighted by Gasteiger charge is 2.29. The Bertz CT molecular complexity index is 1500. The minimum absolute atomic E-state index is 0.258. The molecule has 0 spiro atoms. The lowest BCUT2D eigenvalue weighted by Gasteiger charge is -2.32. The minimum Gasteiger partial charge on any atom is -0.327 e. The van der Waals surface area contributed by atoms with Crippen LogP contribution in [0.4, 0.5) is 4.39 Å². The van der Waals surface area contributed by atoms with Gasteiger partial charge in [-0.05, 0) is 93.9 Å². The number of hydrogen-bond acceptors (Lipinski definition) is 4. The Morgan fingerprint density at radius 2 is 1.82 bits per heavy atom. The van der Waals surface area contributed by atoms with Crippen molar-refractivity contribution in [3.63, 3.8) is 0 Å². The topological polar surface area (TPSA) is 57.8 Å². The number of piperidine rings is 1. The molecule has 6 heteroatoms. The summed E-state index contributed by atoms with van der Waals surface area (Å²) in [6, 6.07) is 16.9. The molecular formula is C33H36FN5. The van der Waals surface area contributed by atoms with Gasteiger partial charge in [-0.25, -0.2) is 9.37 Å². The molecule has 0 amide bonds. The normalized spacial score (nSPS) is 15.9. The maximum Gasteiger partial charge on any atom is 0.123 e. The van der Waals surface area contributed by atoms with E-state index in [1.165, 1.54) is 36.3 Å². The van der Waals surface area contributed by atoms with E-state index in [0.717, 1.165) is 61.6 Å². The van der Waals surface area contributed by atoms with Crippen molar-refractivity contribution in [2.75, 3.05) is 13.1 Å². The molecule has 2 aliphatic rings. The molecule has 0 unspecified atom stereocenters. The second-order valence-corrected chi connectivity index (χ2v) is 10.7. The van der Waals surface area contributed by atoms with Crippen LogP contribution in [-0.4, -0.2) is 38.2 Å². The van der Waals surface area contributed by atoms with Gasteiger partial charge in [-0.3, -0.25) is 15.3 Å². The molecule has 1 aliphatic heterocycles. The highest BCUT2D eigenvalue weighted by Crippen LogP contribution is 2.36. The lowest BCUT2D eigenvalue weighted by molar-refractivity contribution is 0.200. The number of nitrogens with zero attached hydrogens (tertiary/aromatic N) is 4. The number of pyridine rings is 1. The summed E-state index contributed by atoms with van der Waals surface area (Å²) < 4.78 is 16.1. The largest absolute Gasteiger partial charge is 0.327 e. The number of likely N-dealkylation sites (tertiary alicyclic amines) is 1. The highest BCUT2D eigenvalue weighted by molar-refractivity contribution is 6.10. The molecule has 1 N–H and O–H groups in total. The molecular weight excluding hydrogens is 485 g/mol. The molecule has 0 bridgehead atoms. The molecule has 39 heavy (non-hydrogen) atoms. The zero-order valence-corrected chi connectivity index (χ0v) is 22.8. The average molecular weight is 522 g/mol. The van der Waals surface area contributed by atoms with Crippen LogP contribution in [0.25, 0.3) is 11.0 Å². The zero-order chi connectivity index (χ0) is 27.4. The molecule has 2 aromatic heterocycles. The van der Waals surface area contributed by atoms with E-state index in [1.54, 1.807) is 19.1 Å². The molecule has 6 rings (SSSR count). The third-order valence-corrected chi connectivity index (χ3v) is 7.67. The maximum absolute atomic E-state index is 13.6. The quantitative estimate of drug-likeness (QED) is 0.217. The standard InChI is InChI=1S/C30H32FN5.C3H4/c1-20-15-22(17-33-29(20)28(32)24-5-4-6-25(31)16-24)18-35-13-11-23(12-14-35)30-34-26-7-2-3-8-27(26)36(30)19-21-9-10-21;1-3-2/h2-8,15-17,21,23,32H,9-14,18-19H2,1H3;1H,2H3. The van der Waals surface area contributed by atoms with Gasteiger partial charge in [0, 0.05) is 30.8 Å². The Morgan fingerprint density at radius 3 is 2.51 bits per heavy atom. The maximum atomic E-state index is 13.6. The number of aromatic nitrogens is 3. The molecule has 4 aromatic rings. The van der Waals surface area contributed by atoms with Gasteiger partial charge in [0.1, 0.15) is 11.6 Å². The molecule has 2 fully saturated rings. The van der Waals surface area contributed by atoms with E-state index < -0.39 is 0 Å². The predicted octanol–water partition coefficient (Wildman–Crippen LogP) is 6.72. The molecule has 3 heterocycles. The molecule has 1 saturated heterocycles. The van der Waals surface area contributed by atoms with Crippen molar-refractivity contribution in [3.8, 4) is 12.3 Å². The van der Waals surface area contributed by atoms with Crippen LogP contribution in [0.5, 0.6) is 0 Å². The Balaban J connectivity index is 0.000000983. The van der Waals surface area contributed by atoms with E-state index in [-0.39, 0.29) is 11.5 Å². The fourth-order valence-corrected chi connectivity index (χ4v) is 5.53. The molecule has 200 valence electrons. The Labute approximate surface area is 230 Å². The van der Waals surface area contributed by atoms with Crippen molar-refractivity contribution in [3.05, 3.63) is 94.8 Å². The molecule has 2 aromatic carbocycles. The smallest absolute Gasteiger partial charge is 0.123 e. The van der Waals surface area contributed by atoms with Gasteiger partial charge in [-0.1, -0.05) is 30.3 Å². The first-order valence-corrected chi connectivity index (χ1v) is 13.8. The highest BCUT2D eigenvalue weighted by atomic mass is 19.1. The van der Waals surface area contributed by atoms with E-state index in [2.05, 4.69) is 57.1 Å². The zero-order valence-electron chi connectivity index (χ0n) is 22.8. The minimum atomic E-state index is -0.335. The number of rotatable bonds is 7.